The number of ether oxygens (including phenoxy) is 2. The van der Waals surface area contributed by atoms with Crippen LogP contribution >= 0.6 is 0 Å². The molecule has 1 rings (SSSR count). The maximum atomic E-state index is 8.51. The number of nitrogens with zero attached hydrogens (tertiary/aromatic N) is 2. The van der Waals surface area contributed by atoms with Crippen molar-refractivity contribution in [1.29, 1.82) is 5.26 Å². The minimum Gasteiger partial charge on any atom is -0.374 e. The summed E-state index contributed by atoms with van der Waals surface area (Å²) in [6.45, 7) is 1.39. The highest BCUT2D eigenvalue weighted by molar-refractivity contribution is 5.57. The van der Waals surface area contributed by atoms with Crippen molar-refractivity contribution in [2.75, 3.05) is 20.3 Å². The summed E-state index contributed by atoms with van der Waals surface area (Å²) in [4.78, 5) is 3.85. The number of hydrogen-bond donors (Lipinski definition) is 0. The van der Waals surface area contributed by atoms with Crippen molar-refractivity contribution in [3.63, 3.8) is 0 Å². The topological polar surface area (TPSA) is 57.9 Å². The molecule has 1 saturated heterocycles. The predicted molar refractivity (Wildman–Crippen MR) is 48.7 cm³/mol. The Morgan fingerprint density at radius 1 is 1.85 bits per heavy atom. The van der Waals surface area contributed by atoms with Gasteiger partial charge in [-0.25, -0.2) is 0 Å². The first-order valence-corrected chi connectivity index (χ1v) is 4.37. The molecular weight excluding hydrogens is 168 g/mol. The van der Waals surface area contributed by atoms with E-state index in [-0.39, 0.29) is 12.2 Å². The highest BCUT2D eigenvalue weighted by Gasteiger charge is 2.23. The van der Waals surface area contributed by atoms with E-state index in [2.05, 4.69) is 11.1 Å². The van der Waals surface area contributed by atoms with Crippen molar-refractivity contribution in [3.8, 4) is 6.07 Å². The first kappa shape index (κ1) is 10.2. The molecule has 0 amide bonds. The lowest BCUT2D eigenvalue weighted by Gasteiger charge is -2.10. The summed E-state index contributed by atoms with van der Waals surface area (Å²) in [6.07, 6.45) is 3.13. The molecule has 0 N–H and O–H groups in total. The Balaban J connectivity index is 2.15. The molecule has 0 aromatic rings. The van der Waals surface area contributed by atoms with Crippen LogP contribution in [0.25, 0.3) is 0 Å². The Labute approximate surface area is 78.2 Å². The van der Waals surface area contributed by atoms with Gasteiger partial charge in [0.15, 0.2) is 0 Å². The van der Waals surface area contributed by atoms with Crippen LogP contribution in [0.2, 0.25) is 0 Å². The third-order valence-electron chi connectivity index (χ3n) is 1.79. The molecule has 0 spiro atoms. The average molecular weight is 182 g/mol. The van der Waals surface area contributed by atoms with Crippen LogP contribution in [0.1, 0.15) is 12.8 Å². The molecule has 0 bridgehead atoms. The van der Waals surface area contributed by atoms with Crippen LogP contribution in [0.4, 0.5) is 0 Å². The van der Waals surface area contributed by atoms with E-state index in [1.165, 1.54) is 0 Å². The van der Waals surface area contributed by atoms with Crippen LogP contribution in [-0.2, 0) is 9.47 Å². The monoisotopic (exact) mass is 182 g/mol. The molecule has 13 heavy (non-hydrogen) atoms. The van der Waals surface area contributed by atoms with Crippen LogP contribution in [0.5, 0.6) is 0 Å². The maximum Gasteiger partial charge on any atom is 0.104 e. The Morgan fingerprint density at radius 2 is 2.62 bits per heavy atom. The number of rotatable bonds is 6. The van der Waals surface area contributed by atoms with Crippen molar-refractivity contribution < 1.29 is 9.47 Å². The van der Waals surface area contributed by atoms with E-state index in [1.807, 2.05) is 0 Å². The molecular formula is C9H14N2O2. The van der Waals surface area contributed by atoms with Crippen molar-refractivity contribution in [1.82, 2.24) is 0 Å². The first-order chi connectivity index (χ1) is 6.36. The van der Waals surface area contributed by atoms with Gasteiger partial charge in [-0.2, -0.15) is 5.26 Å². The van der Waals surface area contributed by atoms with E-state index in [1.54, 1.807) is 13.3 Å². The number of nitriles is 1. The zero-order valence-electron chi connectivity index (χ0n) is 7.77. The van der Waals surface area contributed by atoms with E-state index in [4.69, 9.17) is 14.7 Å². The molecule has 0 saturated carbocycles. The minimum atomic E-state index is -0.0297. The first-order valence-electron chi connectivity index (χ1n) is 4.37. The smallest absolute Gasteiger partial charge is 0.104 e. The largest absolute Gasteiger partial charge is 0.374 e. The van der Waals surface area contributed by atoms with Crippen LogP contribution in [-0.4, -0.2) is 38.7 Å². The van der Waals surface area contributed by atoms with Gasteiger partial charge in [0, 0.05) is 19.7 Å². The SMILES string of the molecule is C/N=C/CC(CC#N)OCC1CO1. The normalized spacial score (nSPS) is 22.9. The van der Waals surface area contributed by atoms with Gasteiger partial charge in [0.25, 0.3) is 0 Å². The summed E-state index contributed by atoms with van der Waals surface area (Å²) >= 11 is 0. The van der Waals surface area contributed by atoms with Gasteiger partial charge in [0.05, 0.1) is 31.8 Å². The third-order valence-corrected chi connectivity index (χ3v) is 1.79. The summed E-state index contributed by atoms with van der Waals surface area (Å²) in [7, 11) is 1.72. The van der Waals surface area contributed by atoms with Gasteiger partial charge in [-0.1, -0.05) is 0 Å². The second kappa shape index (κ2) is 5.68. The lowest BCUT2D eigenvalue weighted by molar-refractivity contribution is 0.0508. The van der Waals surface area contributed by atoms with Gasteiger partial charge in [0.1, 0.15) is 6.10 Å². The van der Waals surface area contributed by atoms with Crippen molar-refractivity contribution >= 4 is 6.21 Å². The highest BCUT2D eigenvalue weighted by Crippen LogP contribution is 2.11. The fourth-order valence-corrected chi connectivity index (χ4v) is 0.943. The van der Waals surface area contributed by atoms with Gasteiger partial charge in [-0.15, -0.1) is 0 Å². The lowest BCUT2D eigenvalue weighted by Crippen LogP contribution is -2.16. The summed E-state index contributed by atoms with van der Waals surface area (Å²) < 4.78 is 10.5. The minimum absolute atomic E-state index is 0.0297. The Hall–Kier alpha value is -0.920. The van der Waals surface area contributed by atoms with Crippen molar-refractivity contribution in [3.05, 3.63) is 0 Å². The fraction of sp³-hybridized carbons (Fsp3) is 0.778. The van der Waals surface area contributed by atoms with E-state index in [9.17, 15) is 0 Å². The zero-order valence-corrected chi connectivity index (χ0v) is 7.77. The van der Waals surface area contributed by atoms with Gasteiger partial charge >= 0.3 is 0 Å². The Morgan fingerprint density at radius 3 is 3.15 bits per heavy atom. The zero-order chi connectivity index (χ0) is 9.52. The van der Waals surface area contributed by atoms with Crippen LogP contribution in [0, 0.1) is 11.3 Å². The molecule has 4 nitrogen and oxygen atoms in total. The molecule has 1 heterocycles. The Kier molecular flexibility index (Phi) is 4.44. The lowest BCUT2D eigenvalue weighted by atomic mass is 10.2. The standard InChI is InChI=1S/C9H14N2O2/c1-11-5-3-8(2-4-10)12-6-9-7-13-9/h5,8-9H,2-3,6-7H2,1H3/b11-5+. The second-order valence-corrected chi connectivity index (χ2v) is 2.95. The predicted octanol–water partition coefficient (Wildman–Crippen LogP) is 0.775. The fourth-order valence-electron chi connectivity index (χ4n) is 0.943. The molecule has 72 valence electrons. The molecule has 1 aliphatic heterocycles. The number of aliphatic imine (C=N–C) groups is 1. The van der Waals surface area contributed by atoms with Crippen molar-refractivity contribution in [2.24, 2.45) is 4.99 Å². The van der Waals surface area contributed by atoms with E-state index >= 15 is 0 Å². The summed E-state index contributed by atoms with van der Waals surface area (Å²) in [6, 6.07) is 2.09. The maximum absolute atomic E-state index is 8.51. The van der Waals surface area contributed by atoms with Crippen LogP contribution in [0.3, 0.4) is 0 Å². The molecule has 0 aromatic carbocycles. The Bertz CT molecular complexity index is 206. The molecule has 0 aromatic heterocycles. The molecule has 2 atom stereocenters. The molecule has 0 radical (unpaired) electrons. The van der Waals surface area contributed by atoms with E-state index in [0.29, 0.717) is 19.4 Å². The van der Waals surface area contributed by atoms with E-state index in [0.717, 1.165) is 6.61 Å². The van der Waals surface area contributed by atoms with Gasteiger partial charge in [0.2, 0.25) is 0 Å². The molecule has 0 aliphatic carbocycles. The molecule has 1 aliphatic rings. The molecule has 4 heteroatoms. The number of epoxide rings is 1. The average Bonchev–Trinajstić information content (AvgIpc) is 2.93. The van der Waals surface area contributed by atoms with Gasteiger partial charge in [-0.05, 0) is 0 Å². The third kappa shape index (κ3) is 4.61. The highest BCUT2D eigenvalue weighted by atomic mass is 16.6. The summed E-state index contributed by atoms with van der Waals surface area (Å²) in [5.74, 6) is 0. The summed E-state index contributed by atoms with van der Waals surface area (Å²) in [5.41, 5.74) is 0. The van der Waals surface area contributed by atoms with E-state index < -0.39 is 0 Å². The molecule has 1 fully saturated rings. The molecule has 2 unspecified atom stereocenters. The van der Waals surface area contributed by atoms with Crippen LogP contribution < -0.4 is 0 Å². The van der Waals surface area contributed by atoms with Crippen LogP contribution in [0.15, 0.2) is 4.99 Å². The van der Waals surface area contributed by atoms with Gasteiger partial charge in [-0.3, -0.25) is 0 Å². The number of hydrogen-bond acceptors (Lipinski definition) is 4. The quantitative estimate of drug-likeness (QED) is 0.450. The second-order valence-electron chi connectivity index (χ2n) is 2.95. The summed E-state index contributed by atoms with van der Waals surface area (Å²) in [5, 5.41) is 8.51. The van der Waals surface area contributed by atoms with Gasteiger partial charge < -0.3 is 14.5 Å². The van der Waals surface area contributed by atoms with Crippen molar-refractivity contribution in [2.45, 2.75) is 25.0 Å².